The van der Waals surface area contributed by atoms with Crippen molar-refractivity contribution in [2.75, 3.05) is 13.7 Å². The summed E-state index contributed by atoms with van der Waals surface area (Å²) in [5.41, 5.74) is 6.67. The van der Waals surface area contributed by atoms with Gasteiger partial charge in [0, 0.05) is 11.6 Å². The van der Waals surface area contributed by atoms with Crippen LogP contribution in [0.1, 0.15) is 35.7 Å². The molecule has 1 aromatic carbocycles. The van der Waals surface area contributed by atoms with Crippen LogP contribution in [0, 0.1) is 17.8 Å². The number of nitrogens with two attached hydrogens (primary N) is 1. The Morgan fingerprint density at radius 1 is 1.50 bits per heavy atom. The van der Waals surface area contributed by atoms with Gasteiger partial charge >= 0.3 is 0 Å². The van der Waals surface area contributed by atoms with Gasteiger partial charge < -0.3 is 15.8 Å². The van der Waals surface area contributed by atoms with Crippen molar-refractivity contribution in [2.24, 2.45) is 11.7 Å². The van der Waals surface area contributed by atoms with E-state index in [0.29, 0.717) is 28.8 Å². The Hall–Kier alpha value is -1.99. The summed E-state index contributed by atoms with van der Waals surface area (Å²) in [4.78, 5) is 12.2. The van der Waals surface area contributed by atoms with E-state index in [1.165, 1.54) is 0 Å². The van der Waals surface area contributed by atoms with E-state index in [-0.39, 0.29) is 12.5 Å². The summed E-state index contributed by atoms with van der Waals surface area (Å²) < 4.78 is 5.23. The fraction of sp³-hybridized carbons (Fsp3) is 0.438. The molecule has 4 heteroatoms. The number of nitrogens with one attached hydrogen (secondary N) is 1. The molecule has 3 N–H and O–H groups in total. The van der Waals surface area contributed by atoms with Gasteiger partial charge in [-0.15, -0.1) is 0 Å². The zero-order chi connectivity index (χ0) is 14.5. The number of carbonyl (C=O) groups excluding carboxylic acids is 1. The minimum absolute atomic E-state index is 0.0552. The predicted octanol–water partition coefficient (Wildman–Crippen LogP) is 1.53. The number of ether oxygens (including phenoxy) is 1. The van der Waals surface area contributed by atoms with Gasteiger partial charge in [0.1, 0.15) is 5.75 Å². The second kappa shape index (κ2) is 6.44. The first-order valence-corrected chi connectivity index (χ1v) is 6.82. The van der Waals surface area contributed by atoms with Crippen molar-refractivity contribution in [3.8, 4) is 17.6 Å². The van der Waals surface area contributed by atoms with Gasteiger partial charge in [0.05, 0.1) is 19.2 Å². The second-order valence-corrected chi connectivity index (χ2v) is 5.17. The minimum Gasteiger partial charge on any atom is -0.495 e. The zero-order valence-electron chi connectivity index (χ0n) is 11.9. The fourth-order valence-corrected chi connectivity index (χ4v) is 2.38. The molecule has 0 aromatic heterocycles. The maximum Gasteiger partial charge on any atom is 0.251 e. The van der Waals surface area contributed by atoms with E-state index >= 15 is 0 Å². The number of hydrogen-bond acceptors (Lipinski definition) is 3. The van der Waals surface area contributed by atoms with Crippen LogP contribution in [-0.2, 0) is 0 Å². The third-order valence-corrected chi connectivity index (χ3v) is 3.50. The monoisotopic (exact) mass is 272 g/mol. The van der Waals surface area contributed by atoms with Crippen molar-refractivity contribution in [3.05, 3.63) is 29.3 Å². The Morgan fingerprint density at radius 2 is 2.25 bits per heavy atom. The van der Waals surface area contributed by atoms with Gasteiger partial charge in [-0.3, -0.25) is 4.79 Å². The molecule has 20 heavy (non-hydrogen) atoms. The largest absolute Gasteiger partial charge is 0.495 e. The molecule has 106 valence electrons. The molecule has 0 atom stereocenters. The van der Waals surface area contributed by atoms with Gasteiger partial charge in [0.25, 0.3) is 5.91 Å². The van der Waals surface area contributed by atoms with Crippen LogP contribution >= 0.6 is 0 Å². The third kappa shape index (κ3) is 3.31. The van der Waals surface area contributed by atoms with E-state index < -0.39 is 0 Å². The summed E-state index contributed by atoms with van der Waals surface area (Å²) in [5.74, 6) is 7.02. The summed E-state index contributed by atoms with van der Waals surface area (Å²) in [5, 5.41) is 3.03. The van der Waals surface area contributed by atoms with Crippen LogP contribution in [0.4, 0.5) is 0 Å². The molecule has 2 rings (SSSR count). The van der Waals surface area contributed by atoms with Gasteiger partial charge in [0.2, 0.25) is 0 Å². The van der Waals surface area contributed by atoms with Crippen molar-refractivity contribution < 1.29 is 9.53 Å². The Kier molecular flexibility index (Phi) is 4.65. The lowest BCUT2D eigenvalue weighted by Crippen LogP contribution is -2.43. The number of hydrogen-bond donors (Lipinski definition) is 2. The Bertz CT molecular complexity index is 551. The van der Waals surface area contributed by atoms with Gasteiger partial charge in [-0.05, 0) is 37.0 Å². The minimum atomic E-state index is -0.0552. The van der Waals surface area contributed by atoms with E-state index in [2.05, 4.69) is 24.1 Å². The van der Waals surface area contributed by atoms with E-state index in [0.717, 1.165) is 12.8 Å². The molecular formula is C16H20N2O2. The van der Waals surface area contributed by atoms with Gasteiger partial charge in [0.15, 0.2) is 0 Å². The van der Waals surface area contributed by atoms with Crippen LogP contribution in [0.3, 0.4) is 0 Å². The Labute approximate surface area is 119 Å². The second-order valence-electron chi connectivity index (χ2n) is 5.17. The lowest BCUT2D eigenvalue weighted by atomic mass is 9.82. The molecule has 1 amide bonds. The highest BCUT2D eigenvalue weighted by atomic mass is 16.5. The third-order valence-electron chi connectivity index (χ3n) is 3.50. The summed E-state index contributed by atoms with van der Waals surface area (Å²) in [7, 11) is 1.58. The molecule has 1 saturated carbocycles. The first-order chi connectivity index (χ1) is 9.63. The molecule has 0 spiro atoms. The number of carbonyl (C=O) groups is 1. The van der Waals surface area contributed by atoms with Crippen molar-refractivity contribution in [1.82, 2.24) is 5.32 Å². The van der Waals surface area contributed by atoms with Crippen LogP contribution < -0.4 is 15.8 Å². The summed E-state index contributed by atoms with van der Waals surface area (Å²) in [6, 6.07) is 5.57. The average molecular weight is 272 g/mol. The average Bonchev–Trinajstić information content (AvgIpc) is 2.43. The highest BCUT2D eigenvalue weighted by molar-refractivity contribution is 5.95. The molecule has 4 nitrogen and oxygen atoms in total. The van der Waals surface area contributed by atoms with Crippen molar-refractivity contribution in [3.63, 3.8) is 0 Å². The maximum atomic E-state index is 12.2. The number of benzene rings is 1. The predicted molar refractivity (Wildman–Crippen MR) is 78.6 cm³/mol. The summed E-state index contributed by atoms with van der Waals surface area (Å²) >= 11 is 0. The standard InChI is InChI=1S/C16H20N2O2/c1-11-8-14(9-11)18-16(19)13-5-6-15(20-2)12(10-13)4-3-7-17/h5-6,10-11,14H,7-9,17H2,1-2H3,(H,18,19). The van der Waals surface area contributed by atoms with Crippen LogP contribution in [0.15, 0.2) is 18.2 Å². The smallest absolute Gasteiger partial charge is 0.251 e. The van der Waals surface area contributed by atoms with E-state index in [9.17, 15) is 4.79 Å². The quantitative estimate of drug-likeness (QED) is 0.820. The molecule has 0 unspecified atom stereocenters. The molecule has 1 aliphatic rings. The SMILES string of the molecule is COc1ccc(C(=O)NC2CC(C)C2)cc1C#CCN. The topological polar surface area (TPSA) is 64.3 Å². The fourth-order valence-electron chi connectivity index (χ4n) is 2.38. The lowest BCUT2D eigenvalue weighted by molar-refractivity contribution is 0.0896. The first kappa shape index (κ1) is 14.4. The highest BCUT2D eigenvalue weighted by Gasteiger charge is 2.26. The molecule has 1 aromatic rings. The summed E-state index contributed by atoms with van der Waals surface area (Å²) in [6.07, 6.45) is 2.11. The zero-order valence-corrected chi connectivity index (χ0v) is 11.9. The molecule has 0 heterocycles. The molecular weight excluding hydrogens is 252 g/mol. The normalized spacial score (nSPS) is 20.4. The maximum absolute atomic E-state index is 12.2. The Morgan fingerprint density at radius 3 is 2.85 bits per heavy atom. The molecule has 1 aliphatic carbocycles. The van der Waals surface area contributed by atoms with E-state index in [1.54, 1.807) is 25.3 Å². The van der Waals surface area contributed by atoms with Crippen LogP contribution in [0.5, 0.6) is 5.75 Å². The Balaban J connectivity index is 2.13. The summed E-state index contributed by atoms with van der Waals surface area (Å²) in [6.45, 7) is 2.47. The molecule has 0 bridgehead atoms. The van der Waals surface area contributed by atoms with Gasteiger partial charge in [-0.2, -0.15) is 0 Å². The molecule has 0 aliphatic heterocycles. The number of methoxy groups -OCH3 is 1. The van der Waals surface area contributed by atoms with Crippen LogP contribution in [0.25, 0.3) is 0 Å². The van der Waals surface area contributed by atoms with Crippen LogP contribution in [0.2, 0.25) is 0 Å². The molecule has 1 fully saturated rings. The van der Waals surface area contributed by atoms with E-state index in [4.69, 9.17) is 10.5 Å². The molecule has 0 radical (unpaired) electrons. The van der Waals surface area contributed by atoms with E-state index in [1.807, 2.05) is 0 Å². The van der Waals surface area contributed by atoms with Crippen molar-refractivity contribution in [1.29, 1.82) is 0 Å². The number of amides is 1. The van der Waals surface area contributed by atoms with Crippen molar-refractivity contribution >= 4 is 5.91 Å². The van der Waals surface area contributed by atoms with Crippen LogP contribution in [-0.4, -0.2) is 25.6 Å². The van der Waals surface area contributed by atoms with Gasteiger partial charge in [-0.1, -0.05) is 18.8 Å². The lowest BCUT2D eigenvalue weighted by Gasteiger charge is -2.33. The highest BCUT2D eigenvalue weighted by Crippen LogP contribution is 2.27. The number of rotatable bonds is 3. The molecule has 0 saturated heterocycles. The van der Waals surface area contributed by atoms with Gasteiger partial charge in [-0.25, -0.2) is 0 Å². The first-order valence-electron chi connectivity index (χ1n) is 6.82. The van der Waals surface area contributed by atoms with Crippen molar-refractivity contribution in [2.45, 2.75) is 25.8 Å².